The lowest BCUT2D eigenvalue weighted by atomic mass is 10.2. The van der Waals surface area contributed by atoms with Gasteiger partial charge < -0.3 is 10.1 Å². The summed E-state index contributed by atoms with van der Waals surface area (Å²) in [6.45, 7) is 3.40. The van der Waals surface area contributed by atoms with E-state index in [0.29, 0.717) is 18.7 Å². The number of nitrogens with one attached hydrogen (secondary N) is 2. The highest BCUT2D eigenvalue weighted by Crippen LogP contribution is 2.23. The van der Waals surface area contributed by atoms with Crippen LogP contribution in [0.2, 0.25) is 0 Å². The van der Waals surface area contributed by atoms with Crippen molar-refractivity contribution >= 4 is 27.6 Å². The third-order valence-electron chi connectivity index (χ3n) is 3.58. The fourth-order valence-electron chi connectivity index (χ4n) is 2.23. The molecule has 0 aliphatic rings. The first-order valence-electron chi connectivity index (χ1n) is 8.21. The summed E-state index contributed by atoms with van der Waals surface area (Å²) in [5.41, 5.74) is -0.404. The molecule has 0 aromatic heterocycles. The lowest BCUT2D eigenvalue weighted by Gasteiger charge is -2.15. The van der Waals surface area contributed by atoms with Gasteiger partial charge in [-0.25, -0.2) is 22.0 Å². The van der Waals surface area contributed by atoms with Crippen molar-refractivity contribution in [1.29, 1.82) is 0 Å². The Balaban J connectivity index is 2.30. The average molecular weight is 412 g/mol. The van der Waals surface area contributed by atoms with E-state index in [1.165, 1.54) is 31.2 Å². The largest absolute Gasteiger partial charge is 0.449 e. The fraction of sp³-hybridized carbons (Fsp3) is 0.222. The van der Waals surface area contributed by atoms with E-state index in [-0.39, 0.29) is 11.3 Å². The smallest absolute Gasteiger partial charge is 0.341 e. The van der Waals surface area contributed by atoms with Crippen LogP contribution in [0.25, 0.3) is 0 Å². The molecule has 0 saturated carbocycles. The second kappa shape index (κ2) is 8.79. The average Bonchev–Trinajstić information content (AvgIpc) is 2.63. The van der Waals surface area contributed by atoms with Crippen molar-refractivity contribution in [2.45, 2.75) is 24.8 Å². The molecule has 7 nitrogen and oxygen atoms in total. The molecule has 2 aromatic carbocycles. The van der Waals surface area contributed by atoms with Crippen LogP contribution in [-0.4, -0.2) is 32.9 Å². The lowest BCUT2D eigenvalue weighted by Crippen LogP contribution is -2.35. The topological polar surface area (TPSA) is 102 Å². The van der Waals surface area contributed by atoms with E-state index in [1.807, 2.05) is 4.72 Å². The molecule has 10 heteroatoms. The summed E-state index contributed by atoms with van der Waals surface area (Å²) in [7, 11) is -4.53. The van der Waals surface area contributed by atoms with Gasteiger partial charge in [0.15, 0.2) is 6.10 Å². The van der Waals surface area contributed by atoms with Gasteiger partial charge in [-0.3, -0.25) is 9.52 Å². The molecule has 0 heterocycles. The molecular weight excluding hydrogens is 394 g/mol. The number of hydrogen-bond acceptors (Lipinski definition) is 5. The van der Waals surface area contributed by atoms with Crippen LogP contribution in [-0.2, 0) is 19.6 Å². The van der Waals surface area contributed by atoms with Crippen LogP contribution in [0.3, 0.4) is 0 Å². The summed E-state index contributed by atoms with van der Waals surface area (Å²) in [6, 6.07) is 7.39. The third kappa shape index (κ3) is 5.03. The number of sulfonamides is 1. The molecule has 28 heavy (non-hydrogen) atoms. The van der Waals surface area contributed by atoms with Crippen LogP contribution in [0.4, 0.5) is 14.5 Å². The zero-order valence-electron chi connectivity index (χ0n) is 15.0. The van der Waals surface area contributed by atoms with Crippen LogP contribution < -0.4 is 10.0 Å². The van der Waals surface area contributed by atoms with Crippen LogP contribution in [0.1, 0.15) is 24.2 Å². The number of benzene rings is 2. The predicted molar refractivity (Wildman–Crippen MR) is 97.2 cm³/mol. The Morgan fingerprint density at radius 2 is 1.82 bits per heavy atom. The highest BCUT2D eigenvalue weighted by Gasteiger charge is 2.24. The molecular formula is C18H18F2N2O5S. The molecule has 1 amide bonds. The number of carbonyl (C=O) groups is 2. The third-order valence-corrected chi connectivity index (χ3v) is 4.96. The number of esters is 1. The Labute approximate surface area is 160 Å². The Morgan fingerprint density at radius 3 is 2.50 bits per heavy atom. The van der Waals surface area contributed by atoms with Gasteiger partial charge in [-0.15, -0.1) is 0 Å². The van der Waals surface area contributed by atoms with Gasteiger partial charge >= 0.3 is 5.97 Å². The van der Waals surface area contributed by atoms with Crippen molar-refractivity contribution in [3.63, 3.8) is 0 Å². The first-order valence-corrected chi connectivity index (χ1v) is 9.69. The number of likely N-dealkylation sites (N-methyl/N-ethyl adjacent to an activating group) is 1. The number of carbonyl (C=O) groups excluding carboxylic acids is 2. The number of rotatable bonds is 7. The number of hydrogen-bond donors (Lipinski definition) is 2. The number of ether oxygens (including phenoxy) is 1. The maximum Gasteiger partial charge on any atom is 0.341 e. The van der Waals surface area contributed by atoms with Gasteiger partial charge in [-0.1, -0.05) is 12.1 Å². The number of para-hydroxylation sites is 1. The molecule has 0 fully saturated rings. The maximum atomic E-state index is 13.8. The summed E-state index contributed by atoms with van der Waals surface area (Å²) >= 11 is 0. The zero-order chi connectivity index (χ0) is 20.9. The highest BCUT2D eigenvalue weighted by molar-refractivity contribution is 7.92. The lowest BCUT2D eigenvalue weighted by molar-refractivity contribution is -0.128. The van der Waals surface area contributed by atoms with Crippen LogP contribution in [0.5, 0.6) is 0 Å². The van der Waals surface area contributed by atoms with Crippen molar-refractivity contribution in [1.82, 2.24) is 5.32 Å². The Kier molecular flexibility index (Phi) is 6.68. The van der Waals surface area contributed by atoms with Crippen molar-refractivity contribution in [2.24, 2.45) is 0 Å². The van der Waals surface area contributed by atoms with Gasteiger partial charge in [0.2, 0.25) is 0 Å². The summed E-state index contributed by atoms with van der Waals surface area (Å²) in [6.07, 6.45) is -1.11. The predicted octanol–water partition coefficient (Wildman–Crippen LogP) is 2.45. The first kappa shape index (κ1) is 21.3. The van der Waals surface area contributed by atoms with Crippen molar-refractivity contribution in [3.8, 4) is 0 Å². The number of halogens is 2. The molecule has 0 aliphatic carbocycles. The quantitative estimate of drug-likeness (QED) is 0.681. The molecule has 2 N–H and O–H groups in total. The van der Waals surface area contributed by atoms with Crippen LogP contribution in [0, 0.1) is 11.6 Å². The molecule has 0 unspecified atom stereocenters. The molecule has 0 aliphatic heterocycles. The molecule has 2 aromatic rings. The second-order valence-electron chi connectivity index (χ2n) is 5.67. The molecule has 0 bridgehead atoms. The number of amides is 1. The van der Waals surface area contributed by atoms with Crippen molar-refractivity contribution in [2.75, 3.05) is 11.3 Å². The van der Waals surface area contributed by atoms with Gasteiger partial charge in [0.25, 0.3) is 15.9 Å². The summed E-state index contributed by atoms with van der Waals surface area (Å²) in [5, 5.41) is 2.48. The first-order chi connectivity index (χ1) is 13.2. The van der Waals surface area contributed by atoms with Gasteiger partial charge in [0.05, 0.1) is 11.3 Å². The Hall–Kier alpha value is -3.01. The van der Waals surface area contributed by atoms with E-state index in [4.69, 9.17) is 4.74 Å². The van der Waals surface area contributed by atoms with Crippen molar-refractivity contribution < 1.29 is 31.5 Å². The van der Waals surface area contributed by atoms with E-state index >= 15 is 0 Å². The molecule has 1 atom stereocenters. The standard InChI is InChI=1S/C18H18F2N2O5S/c1-3-21-17(23)11(2)27-18(24)13-6-4-5-7-15(13)22-28(25,26)16-10-12(19)8-9-14(16)20/h4-11,22H,3H2,1-2H3,(H,21,23)/t11-/m1/s1. The van der Waals surface area contributed by atoms with Crippen LogP contribution in [0.15, 0.2) is 47.4 Å². The van der Waals surface area contributed by atoms with Gasteiger partial charge in [-0.05, 0) is 44.2 Å². The Morgan fingerprint density at radius 1 is 1.14 bits per heavy atom. The van der Waals surface area contributed by atoms with Crippen LogP contribution >= 0.6 is 0 Å². The monoisotopic (exact) mass is 412 g/mol. The minimum Gasteiger partial charge on any atom is -0.449 e. The SMILES string of the molecule is CCNC(=O)[C@@H](C)OC(=O)c1ccccc1NS(=O)(=O)c1cc(F)ccc1F. The summed E-state index contributed by atoms with van der Waals surface area (Å²) in [4.78, 5) is 23.1. The van der Waals surface area contributed by atoms with E-state index in [9.17, 15) is 26.8 Å². The second-order valence-corrected chi connectivity index (χ2v) is 7.32. The van der Waals surface area contributed by atoms with Gasteiger partial charge in [0.1, 0.15) is 16.5 Å². The van der Waals surface area contributed by atoms with Crippen molar-refractivity contribution in [3.05, 3.63) is 59.7 Å². The zero-order valence-corrected chi connectivity index (χ0v) is 15.8. The molecule has 2 rings (SSSR count). The minimum atomic E-state index is -4.53. The molecule has 0 radical (unpaired) electrons. The molecule has 0 spiro atoms. The van der Waals surface area contributed by atoms with Gasteiger partial charge in [0, 0.05) is 6.54 Å². The van der Waals surface area contributed by atoms with E-state index in [1.54, 1.807) is 6.92 Å². The van der Waals surface area contributed by atoms with E-state index in [0.717, 1.165) is 6.07 Å². The summed E-state index contributed by atoms with van der Waals surface area (Å²) in [5.74, 6) is -3.57. The molecule has 0 saturated heterocycles. The normalized spacial score (nSPS) is 12.1. The number of anilines is 1. The maximum absolute atomic E-state index is 13.8. The van der Waals surface area contributed by atoms with Gasteiger partial charge in [-0.2, -0.15) is 0 Å². The van der Waals surface area contributed by atoms with E-state index < -0.39 is 44.5 Å². The fourth-order valence-corrected chi connectivity index (χ4v) is 3.40. The minimum absolute atomic E-state index is 0.195. The summed E-state index contributed by atoms with van der Waals surface area (Å²) < 4.78 is 59.1. The Bertz CT molecular complexity index is 995. The molecule has 150 valence electrons. The van der Waals surface area contributed by atoms with E-state index in [2.05, 4.69) is 5.32 Å². The highest BCUT2D eigenvalue weighted by atomic mass is 32.2.